The lowest BCUT2D eigenvalue weighted by Gasteiger charge is -2.15. The molecule has 4 rings (SSSR count). The summed E-state index contributed by atoms with van der Waals surface area (Å²) in [6.07, 6.45) is -0.671. The minimum absolute atomic E-state index is 0.255. The van der Waals surface area contributed by atoms with E-state index in [0.717, 1.165) is 16.7 Å². The molecule has 0 aliphatic rings. The lowest BCUT2D eigenvalue weighted by Crippen LogP contribution is -2.30. The Kier molecular flexibility index (Phi) is 5.00. The molecule has 3 aromatic carbocycles. The van der Waals surface area contributed by atoms with Gasteiger partial charge in [0.25, 0.3) is 5.91 Å². The predicted molar refractivity (Wildman–Crippen MR) is 110 cm³/mol. The summed E-state index contributed by atoms with van der Waals surface area (Å²) in [7, 11) is 0. The summed E-state index contributed by atoms with van der Waals surface area (Å²) in [6, 6.07) is 21.8. The minimum Gasteiger partial charge on any atom is -0.481 e. The number of ether oxygens (including phenoxy) is 1. The van der Waals surface area contributed by atoms with E-state index in [-0.39, 0.29) is 5.91 Å². The van der Waals surface area contributed by atoms with E-state index >= 15 is 0 Å². The van der Waals surface area contributed by atoms with Crippen LogP contribution in [0, 0.1) is 0 Å². The fourth-order valence-corrected chi connectivity index (χ4v) is 2.91. The normalized spacial score (nSPS) is 11.9. The van der Waals surface area contributed by atoms with Gasteiger partial charge in [-0.3, -0.25) is 4.79 Å². The highest BCUT2D eigenvalue weighted by molar-refractivity contribution is 6.30. The van der Waals surface area contributed by atoms with E-state index < -0.39 is 6.10 Å². The van der Waals surface area contributed by atoms with Gasteiger partial charge in [-0.2, -0.15) is 0 Å². The van der Waals surface area contributed by atoms with E-state index in [1.54, 1.807) is 43.3 Å². The molecular formula is C22H17ClN2O3. The first kappa shape index (κ1) is 18.1. The first-order chi connectivity index (χ1) is 13.6. The zero-order chi connectivity index (χ0) is 19.5. The fourth-order valence-electron chi connectivity index (χ4n) is 2.73. The monoisotopic (exact) mass is 392 g/mol. The summed E-state index contributed by atoms with van der Waals surface area (Å²) in [6.45, 7) is 1.68. The molecule has 1 atom stereocenters. The number of aromatic nitrogens is 1. The van der Waals surface area contributed by atoms with Gasteiger partial charge in [0, 0.05) is 16.3 Å². The Morgan fingerprint density at radius 2 is 1.86 bits per heavy atom. The van der Waals surface area contributed by atoms with Crippen LogP contribution in [0.15, 0.2) is 77.2 Å². The van der Waals surface area contributed by atoms with Gasteiger partial charge in [-0.25, -0.2) is 4.98 Å². The topological polar surface area (TPSA) is 64.4 Å². The minimum atomic E-state index is -0.671. The van der Waals surface area contributed by atoms with Gasteiger partial charge in [-0.05, 0) is 61.5 Å². The van der Waals surface area contributed by atoms with Crippen molar-refractivity contribution in [3.05, 3.63) is 77.8 Å². The Morgan fingerprint density at radius 3 is 2.61 bits per heavy atom. The van der Waals surface area contributed by atoms with Crippen molar-refractivity contribution in [1.82, 2.24) is 4.98 Å². The van der Waals surface area contributed by atoms with Crippen LogP contribution >= 0.6 is 11.6 Å². The molecule has 0 aliphatic carbocycles. The molecule has 28 heavy (non-hydrogen) atoms. The first-order valence-electron chi connectivity index (χ1n) is 8.77. The Balaban J connectivity index is 1.43. The summed E-state index contributed by atoms with van der Waals surface area (Å²) in [5.41, 5.74) is 3.03. The summed E-state index contributed by atoms with van der Waals surface area (Å²) < 4.78 is 11.4. The van der Waals surface area contributed by atoms with Crippen molar-refractivity contribution in [1.29, 1.82) is 0 Å². The average molecular weight is 393 g/mol. The number of halogens is 1. The Hall–Kier alpha value is -3.31. The van der Waals surface area contributed by atoms with Crippen molar-refractivity contribution >= 4 is 34.3 Å². The van der Waals surface area contributed by atoms with E-state index in [1.165, 1.54) is 0 Å². The molecule has 0 aliphatic heterocycles. The molecule has 1 amide bonds. The Labute approximate surface area is 166 Å². The molecule has 0 unspecified atom stereocenters. The number of hydrogen-bond acceptors (Lipinski definition) is 4. The average Bonchev–Trinajstić information content (AvgIpc) is 3.13. The van der Waals surface area contributed by atoms with Crippen LogP contribution in [-0.4, -0.2) is 17.0 Å². The molecule has 0 spiro atoms. The van der Waals surface area contributed by atoms with Crippen molar-refractivity contribution in [3.63, 3.8) is 0 Å². The van der Waals surface area contributed by atoms with Gasteiger partial charge in [-0.1, -0.05) is 29.8 Å². The SMILES string of the molecule is C[C@@H](Oc1cccc(Cl)c1)C(=O)Nc1ccc(-c2nc3ccccc3o2)cc1. The predicted octanol–water partition coefficient (Wildman–Crippen LogP) is 5.55. The molecule has 4 aromatic rings. The molecule has 1 aromatic heterocycles. The molecule has 5 nitrogen and oxygen atoms in total. The van der Waals surface area contributed by atoms with Crippen molar-refractivity contribution < 1.29 is 13.9 Å². The van der Waals surface area contributed by atoms with Crippen LogP contribution < -0.4 is 10.1 Å². The van der Waals surface area contributed by atoms with Gasteiger partial charge in [0.15, 0.2) is 11.7 Å². The summed E-state index contributed by atoms with van der Waals surface area (Å²) in [5.74, 6) is 0.827. The van der Waals surface area contributed by atoms with E-state index in [9.17, 15) is 4.79 Å². The molecule has 140 valence electrons. The fraction of sp³-hybridized carbons (Fsp3) is 0.0909. The van der Waals surface area contributed by atoms with Crippen LogP contribution in [0.2, 0.25) is 5.02 Å². The molecular weight excluding hydrogens is 376 g/mol. The zero-order valence-corrected chi connectivity index (χ0v) is 15.8. The van der Waals surface area contributed by atoms with Crippen molar-refractivity contribution in [2.45, 2.75) is 13.0 Å². The van der Waals surface area contributed by atoms with E-state index in [4.69, 9.17) is 20.8 Å². The van der Waals surface area contributed by atoms with Gasteiger partial charge in [-0.15, -0.1) is 0 Å². The third-order valence-electron chi connectivity index (χ3n) is 4.17. The number of carbonyl (C=O) groups excluding carboxylic acids is 1. The van der Waals surface area contributed by atoms with Gasteiger partial charge >= 0.3 is 0 Å². The van der Waals surface area contributed by atoms with E-state index in [0.29, 0.717) is 22.4 Å². The van der Waals surface area contributed by atoms with Crippen LogP contribution in [-0.2, 0) is 4.79 Å². The molecule has 1 N–H and O–H groups in total. The van der Waals surface area contributed by atoms with Crippen LogP contribution in [0.25, 0.3) is 22.6 Å². The molecule has 0 radical (unpaired) electrons. The van der Waals surface area contributed by atoms with Gasteiger partial charge in [0.2, 0.25) is 5.89 Å². The van der Waals surface area contributed by atoms with E-state index in [2.05, 4.69) is 10.3 Å². The second-order valence-corrected chi connectivity index (χ2v) is 6.71. The third kappa shape index (κ3) is 4.00. The number of amides is 1. The number of nitrogens with zero attached hydrogens (tertiary/aromatic N) is 1. The maximum Gasteiger partial charge on any atom is 0.265 e. The number of fused-ring (bicyclic) bond motifs is 1. The maximum absolute atomic E-state index is 12.4. The molecule has 0 bridgehead atoms. The van der Waals surface area contributed by atoms with Gasteiger partial charge in [0.05, 0.1) is 0 Å². The van der Waals surface area contributed by atoms with Crippen LogP contribution in [0.1, 0.15) is 6.92 Å². The number of carbonyl (C=O) groups is 1. The number of anilines is 1. The molecule has 0 saturated heterocycles. The molecule has 1 heterocycles. The van der Waals surface area contributed by atoms with Gasteiger partial charge < -0.3 is 14.5 Å². The lowest BCUT2D eigenvalue weighted by molar-refractivity contribution is -0.122. The van der Waals surface area contributed by atoms with Gasteiger partial charge in [0.1, 0.15) is 11.3 Å². The lowest BCUT2D eigenvalue weighted by atomic mass is 10.2. The van der Waals surface area contributed by atoms with E-state index in [1.807, 2.05) is 36.4 Å². The smallest absolute Gasteiger partial charge is 0.265 e. The third-order valence-corrected chi connectivity index (χ3v) is 4.41. The highest BCUT2D eigenvalue weighted by Crippen LogP contribution is 2.25. The second kappa shape index (κ2) is 7.74. The summed E-state index contributed by atoms with van der Waals surface area (Å²) in [5, 5.41) is 3.39. The molecule has 0 fully saturated rings. The Morgan fingerprint density at radius 1 is 1.07 bits per heavy atom. The summed E-state index contributed by atoms with van der Waals surface area (Å²) >= 11 is 5.94. The van der Waals surface area contributed by atoms with Crippen LogP contribution in [0.5, 0.6) is 5.75 Å². The number of para-hydroxylation sites is 2. The highest BCUT2D eigenvalue weighted by Gasteiger charge is 2.15. The number of benzene rings is 3. The molecule has 0 saturated carbocycles. The van der Waals surface area contributed by atoms with Crippen molar-refractivity contribution in [2.24, 2.45) is 0 Å². The first-order valence-corrected chi connectivity index (χ1v) is 9.15. The molecule has 6 heteroatoms. The van der Waals surface area contributed by atoms with Crippen molar-refractivity contribution in [3.8, 4) is 17.2 Å². The second-order valence-electron chi connectivity index (χ2n) is 6.27. The highest BCUT2D eigenvalue weighted by atomic mass is 35.5. The number of rotatable bonds is 5. The maximum atomic E-state index is 12.4. The summed E-state index contributed by atoms with van der Waals surface area (Å²) in [4.78, 5) is 16.8. The largest absolute Gasteiger partial charge is 0.481 e. The van der Waals surface area contributed by atoms with Crippen LogP contribution in [0.3, 0.4) is 0 Å². The number of oxazole rings is 1. The zero-order valence-electron chi connectivity index (χ0n) is 15.1. The van der Waals surface area contributed by atoms with Crippen LogP contribution in [0.4, 0.5) is 5.69 Å². The standard InChI is InChI=1S/C22H17ClN2O3/c1-14(27-18-6-4-5-16(23)13-18)21(26)24-17-11-9-15(10-12-17)22-25-19-7-2-3-8-20(19)28-22/h2-14H,1H3,(H,24,26)/t14-/m1/s1. The van der Waals surface area contributed by atoms with Crippen molar-refractivity contribution in [2.75, 3.05) is 5.32 Å². The Bertz CT molecular complexity index is 1090. The quantitative estimate of drug-likeness (QED) is 0.483. The number of nitrogens with one attached hydrogen (secondary N) is 1. The number of hydrogen-bond donors (Lipinski definition) is 1.